The average molecular weight is 403 g/mol. The number of carbonyl (C=O) groups is 1. The molecule has 29 heavy (non-hydrogen) atoms. The molecule has 152 valence electrons. The number of hydrogen-bond acceptors (Lipinski definition) is 8. The third kappa shape index (κ3) is 4.86. The molecular weight excluding hydrogens is 384 g/mol. The highest BCUT2D eigenvalue weighted by molar-refractivity contribution is 5.89. The van der Waals surface area contributed by atoms with Crippen LogP contribution < -0.4 is 10.6 Å². The van der Waals surface area contributed by atoms with Gasteiger partial charge in [-0.05, 0) is 13.3 Å². The van der Waals surface area contributed by atoms with Crippen LogP contribution in [0.25, 0.3) is 11.5 Å². The van der Waals surface area contributed by atoms with Gasteiger partial charge in [0, 0.05) is 37.9 Å². The molecule has 0 aliphatic heterocycles. The van der Waals surface area contributed by atoms with Crippen molar-refractivity contribution in [3.8, 4) is 11.5 Å². The molecule has 3 rings (SSSR count). The number of rotatable bonds is 6. The zero-order valence-electron chi connectivity index (χ0n) is 16.2. The Balaban J connectivity index is 2.08. The van der Waals surface area contributed by atoms with Gasteiger partial charge < -0.3 is 15.2 Å². The SMILES string of the molecule is CCc1cc(Nc2cc(NC(C)=O)ncc2-c2nc(C)no2)nc(C(C)(F)F)n1. The van der Waals surface area contributed by atoms with E-state index in [2.05, 4.69) is 35.7 Å². The molecule has 0 aliphatic rings. The first-order valence-corrected chi connectivity index (χ1v) is 8.77. The molecule has 3 aromatic heterocycles. The van der Waals surface area contributed by atoms with E-state index in [0.717, 1.165) is 6.92 Å². The number of alkyl halides is 2. The second-order valence-electron chi connectivity index (χ2n) is 6.38. The normalized spacial score (nSPS) is 11.4. The highest BCUT2D eigenvalue weighted by atomic mass is 19.3. The van der Waals surface area contributed by atoms with E-state index in [-0.39, 0.29) is 23.4 Å². The molecule has 0 fully saturated rings. The number of amides is 1. The molecule has 3 heterocycles. The fourth-order valence-electron chi connectivity index (χ4n) is 2.46. The summed E-state index contributed by atoms with van der Waals surface area (Å²) in [7, 11) is 0. The molecule has 2 N–H and O–H groups in total. The van der Waals surface area contributed by atoms with E-state index in [1.165, 1.54) is 19.2 Å². The summed E-state index contributed by atoms with van der Waals surface area (Å²) in [6.45, 7) is 5.54. The van der Waals surface area contributed by atoms with Gasteiger partial charge >= 0.3 is 5.92 Å². The zero-order valence-corrected chi connectivity index (χ0v) is 16.2. The molecule has 0 atom stereocenters. The number of aromatic nitrogens is 5. The number of halogens is 2. The van der Waals surface area contributed by atoms with Crippen LogP contribution in [0.4, 0.5) is 26.1 Å². The largest absolute Gasteiger partial charge is 0.339 e. The molecule has 1 amide bonds. The predicted octanol–water partition coefficient (Wildman–Crippen LogP) is 3.61. The second-order valence-corrected chi connectivity index (χ2v) is 6.38. The van der Waals surface area contributed by atoms with E-state index in [1.807, 2.05) is 0 Å². The van der Waals surface area contributed by atoms with Gasteiger partial charge in [-0.15, -0.1) is 0 Å². The topological polar surface area (TPSA) is 119 Å². The van der Waals surface area contributed by atoms with Crippen molar-refractivity contribution in [3.05, 3.63) is 35.7 Å². The lowest BCUT2D eigenvalue weighted by Crippen LogP contribution is -2.15. The Morgan fingerprint density at radius 2 is 1.97 bits per heavy atom. The molecule has 3 aromatic rings. The van der Waals surface area contributed by atoms with Crippen molar-refractivity contribution in [1.29, 1.82) is 0 Å². The summed E-state index contributed by atoms with van der Waals surface area (Å²) in [4.78, 5) is 27.5. The van der Waals surface area contributed by atoms with Gasteiger partial charge in [0.25, 0.3) is 5.89 Å². The number of carbonyl (C=O) groups excluding carboxylic acids is 1. The van der Waals surface area contributed by atoms with Gasteiger partial charge in [-0.2, -0.15) is 13.8 Å². The minimum absolute atomic E-state index is 0.158. The van der Waals surface area contributed by atoms with Gasteiger partial charge in [0.15, 0.2) is 5.82 Å². The Labute approximate surface area is 165 Å². The molecule has 0 unspecified atom stereocenters. The highest BCUT2D eigenvalue weighted by Crippen LogP contribution is 2.31. The molecule has 0 radical (unpaired) electrons. The van der Waals surface area contributed by atoms with Crippen molar-refractivity contribution in [3.63, 3.8) is 0 Å². The summed E-state index contributed by atoms with van der Waals surface area (Å²) in [6.07, 6.45) is 1.88. The number of nitrogens with zero attached hydrogens (tertiary/aromatic N) is 5. The molecular formula is C18H19F2N7O2. The highest BCUT2D eigenvalue weighted by Gasteiger charge is 2.29. The van der Waals surface area contributed by atoms with Crippen molar-refractivity contribution in [2.75, 3.05) is 10.6 Å². The summed E-state index contributed by atoms with van der Waals surface area (Å²) >= 11 is 0. The van der Waals surface area contributed by atoms with E-state index in [9.17, 15) is 13.6 Å². The van der Waals surface area contributed by atoms with Crippen molar-refractivity contribution < 1.29 is 18.1 Å². The molecule has 0 aliphatic carbocycles. The number of pyridine rings is 1. The predicted molar refractivity (Wildman–Crippen MR) is 101 cm³/mol. The summed E-state index contributed by atoms with van der Waals surface area (Å²) in [5, 5.41) is 9.29. The van der Waals surface area contributed by atoms with Crippen LogP contribution >= 0.6 is 0 Å². The molecule has 0 spiro atoms. The number of anilines is 3. The minimum atomic E-state index is -3.20. The van der Waals surface area contributed by atoms with Crippen LogP contribution in [0, 0.1) is 6.92 Å². The van der Waals surface area contributed by atoms with E-state index in [1.54, 1.807) is 19.9 Å². The van der Waals surface area contributed by atoms with E-state index >= 15 is 0 Å². The maximum absolute atomic E-state index is 13.8. The van der Waals surface area contributed by atoms with Crippen LogP contribution in [0.3, 0.4) is 0 Å². The molecule has 0 bridgehead atoms. The number of nitrogens with one attached hydrogen (secondary N) is 2. The maximum Gasteiger partial charge on any atom is 0.303 e. The Kier molecular flexibility index (Phi) is 5.48. The van der Waals surface area contributed by atoms with Gasteiger partial charge in [0.05, 0.1) is 11.3 Å². The average Bonchev–Trinajstić information content (AvgIpc) is 3.06. The maximum atomic E-state index is 13.8. The van der Waals surface area contributed by atoms with Crippen LogP contribution in [0.1, 0.15) is 38.1 Å². The fraction of sp³-hybridized carbons (Fsp3) is 0.333. The minimum Gasteiger partial charge on any atom is -0.339 e. The third-order valence-electron chi connectivity index (χ3n) is 3.76. The first-order chi connectivity index (χ1) is 13.7. The molecule has 0 saturated carbocycles. The lowest BCUT2D eigenvalue weighted by atomic mass is 10.2. The van der Waals surface area contributed by atoms with Crippen LogP contribution in [-0.4, -0.2) is 31.0 Å². The smallest absolute Gasteiger partial charge is 0.303 e. The van der Waals surface area contributed by atoms with Crippen molar-refractivity contribution in [2.24, 2.45) is 0 Å². The Hall–Kier alpha value is -3.50. The van der Waals surface area contributed by atoms with E-state index in [0.29, 0.717) is 29.2 Å². The first kappa shape index (κ1) is 20.2. The quantitative estimate of drug-likeness (QED) is 0.641. The molecule has 9 nitrogen and oxygen atoms in total. The number of hydrogen-bond donors (Lipinski definition) is 2. The van der Waals surface area contributed by atoms with Crippen LogP contribution in [0.5, 0.6) is 0 Å². The summed E-state index contributed by atoms with van der Waals surface area (Å²) in [6, 6.07) is 3.09. The standard InChI is InChI=1S/C18H19F2N7O2/c1-5-11-6-15(26-17(24-11)18(4,19)20)25-13-7-14(23-10(3)28)21-8-12(13)16-22-9(2)27-29-16/h6-8H,5H2,1-4H3,(H2,21,23,24,25,26,28). The Morgan fingerprint density at radius 1 is 1.21 bits per heavy atom. The molecule has 0 saturated heterocycles. The van der Waals surface area contributed by atoms with E-state index < -0.39 is 11.7 Å². The summed E-state index contributed by atoms with van der Waals surface area (Å²) in [5.74, 6) is -3.10. The van der Waals surface area contributed by atoms with Gasteiger partial charge in [0.2, 0.25) is 11.7 Å². The Bertz CT molecular complexity index is 1050. The summed E-state index contributed by atoms with van der Waals surface area (Å²) < 4.78 is 32.8. The van der Waals surface area contributed by atoms with Crippen LogP contribution in [0.2, 0.25) is 0 Å². The van der Waals surface area contributed by atoms with Gasteiger partial charge in [-0.1, -0.05) is 12.1 Å². The Morgan fingerprint density at radius 3 is 2.55 bits per heavy atom. The molecule has 11 heteroatoms. The summed E-state index contributed by atoms with van der Waals surface area (Å²) in [5.41, 5.74) is 1.25. The molecule has 0 aromatic carbocycles. The monoisotopic (exact) mass is 403 g/mol. The second kappa shape index (κ2) is 7.86. The van der Waals surface area contributed by atoms with Crippen molar-refractivity contribution in [1.82, 2.24) is 25.1 Å². The van der Waals surface area contributed by atoms with Crippen molar-refractivity contribution >= 4 is 23.2 Å². The first-order valence-electron chi connectivity index (χ1n) is 8.77. The third-order valence-corrected chi connectivity index (χ3v) is 3.76. The zero-order chi connectivity index (χ0) is 21.2. The lowest BCUT2D eigenvalue weighted by molar-refractivity contribution is -0.114. The van der Waals surface area contributed by atoms with Crippen molar-refractivity contribution in [2.45, 2.75) is 40.0 Å². The lowest BCUT2D eigenvalue weighted by Gasteiger charge is -2.15. The van der Waals surface area contributed by atoms with Gasteiger partial charge in [0.1, 0.15) is 11.6 Å². The fourth-order valence-corrected chi connectivity index (χ4v) is 2.46. The van der Waals surface area contributed by atoms with Crippen LogP contribution in [0.15, 0.2) is 22.9 Å². The van der Waals surface area contributed by atoms with Gasteiger partial charge in [-0.3, -0.25) is 4.79 Å². The number of aryl methyl sites for hydroxylation is 2. The van der Waals surface area contributed by atoms with E-state index in [4.69, 9.17) is 4.52 Å². The van der Waals surface area contributed by atoms with Gasteiger partial charge in [-0.25, -0.2) is 15.0 Å². The van der Waals surface area contributed by atoms with Crippen LogP contribution in [-0.2, 0) is 17.1 Å².